The fourth-order valence-corrected chi connectivity index (χ4v) is 2.85. The van der Waals surface area contributed by atoms with Crippen LogP contribution in [-0.2, 0) is 11.4 Å². The van der Waals surface area contributed by atoms with Crippen LogP contribution in [0.15, 0.2) is 90.0 Å². The van der Waals surface area contributed by atoms with E-state index in [4.69, 9.17) is 4.74 Å². The van der Waals surface area contributed by atoms with Crippen molar-refractivity contribution in [3.63, 3.8) is 0 Å². The molecule has 0 atom stereocenters. The van der Waals surface area contributed by atoms with Crippen LogP contribution in [0.25, 0.3) is 0 Å². The predicted molar refractivity (Wildman–Crippen MR) is 102 cm³/mol. The maximum atomic E-state index is 12.3. The third kappa shape index (κ3) is 3.49. The van der Waals surface area contributed by atoms with E-state index >= 15 is 0 Å². The van der Waals surface area contributed by atoms with Gasteiger partial charge in [-0.25, -0.2) is 5.01 Å². The first-order valence-electron chi connectivity index (χ1n) is 8.52. The summed E-state index contributed by atoms with van der Waals surface area (Å²) < 4.78 is 5.79. The Morgan fingerprint density at radius 1 is 0.846 bits per heavy atom. The van der Waals surface area contributed by atoms with Gasteiger partial charge in [-0.1, -0.05) is 60.7 Å². The number of benzene rings is 3. The Bertz CT molecular complexity index is 919. The number of ether oxygens (including phenoxy) is 1. The van der Waals surface area contributed by atoms with Crippen LogP contribution < -0.4 is 9.75 Å². The molecule has 0 unspecified atom stereocenters. The number of amides is 1. The number of hydrogen-bond acceptors (Lipinski definition) is 3. The van der Waals surface area contributed by atoms with E-state index in [2.05, 4.69) is 5.10 Å². The van der Waals surface area contributed by atoms with Crippen LogP contribution in [0.4, 0.5) is 5.69 Å². The lowest BCUT2D eigenvalue weighted by molar-refractivity contribution is -0.116. The first kappa shape index (κ1) is 16.1. The number of carbonyl (C=O) groups excluding carboxylic acids is 1. The van der Waals surface area contributed by atoms with Crippen molar-refractivity contribution in [2.24, 2.45) is 5.10 Å². The van der Waals surface area contributed by atoms with Gasteiger partial charge in [-0.3, -0.25) is 4.79 Å². The lowest BCUT2D eigenvalue weighted by Gasteiger charge is -2.12. The second kappa shape index (κ2) is 7.23. The summed E-state index contributed by atoms with van der Waals surface area (Å²) >= 11 is 0. The Morgan fingerprint density at radius 3 is 2.19 bits per heavy atom. The second-order valence-electron chi connectivity index (χ2n) is 6.06. The van der Waals surface area contributed by atoms with Crippen molar-refractivity contribution < 1.29 is 9.53 Å². The van der Waals surface area contributed by atoms with Crippen LogP contribution in [0, 0.1) is 0 Å². The number of hydrogen-bond donors (Lipinski definition) is 0. The van der Waals surface area contributed by atoms with Crippen LogP contribution >= 0.6 is 0 Å². The minimum atomic E-state index is -0.0261. The summed E-state index contributed by atoms with van der Waals surface area (Å²) in [5, 5.41) is 5.95. The van der Waals surface area contributed by atoms with Gasteiger partial charge in [0, 0.05) is 0 Å². The smallest absolute Gasteiger partial charge is 0.253 e. The number of nitrogens with zero attached hydrogens (tertiary/aromatic N) is 2. The fraction of sp³-hybridized carbons (Fsp3) is 0.0909. The summed E-state index contributed by atoms with van der Waals surface area (Å²) in [5.41, 5.74) is 3.63. The van der Waals surface area contributed by atoms with Crippen LogP contribution in [-0.4, -0.2) is 11.6 Å². The molecule has 0 spiro atoms. The highest BCUT2D eigenvalue weighted by molar-refractivity contribution is 6.19. The van der Waals surface area contributed by atoms with Gasteiger partial charge in [0.25, 0.3) is 5.91 Å². The summed E-state index contributed by atoms with van der Waals surface area (Å²) in [6.07, 6.45) is 0.316. The lowest BCUT2D eigenvalue weighted by Crippen LogP contribution is -2.19. The van der Waals surface area contributed by atoms with Gasteiger partial charge in [0.05, 0.1) is 17.8 Å². The van der Waals surface area contributed by atoms with E-state index in [0.717, 1.165) is 28.3 Å². The molecule has 0 aliphatic carbocycles. The largest absolute Gasteiger partial charge is 0.489 e. The Labute approximate surface area is 152 Å². The van der Waals surface area contributed by atoms with E-state index < -0.39 is 0 Å². The van der Waals surface area contributed by atoms with Crippen LogP contribution in [0.2, 0.25) is 0 Å². The van der Waals surface area contributed by atoms with Gasteiger partial charge in [0.2, 0.25) is 0 Å². The van der Waals surface area contributed by atoms with Crippen molar-refractivity contribution in [2.45, 2.75) is 13.0 Å². The van der Waals surface area contributed by atoms with Crippen LogP contribution in [0.3, 0.4) is 0 Å². The van der Waals surface area contributed by atoms with Crippen molar-refractivity contribution >= 4 is 17.3 Å². The summed E-state index contributed by atoms with van der Waals surface area (Å²) in [7, 11) is 0. The standard InChI is InChI=1S/C22H18N2O2/c25-22-15-21(18-9-5-2-6-10-18)23-24(22)19-11-13-20(14-12-19)26-16-17-7-3-1-4-8-17/h1-14H,15-16H2. The first-order chi connectivity index (χ1) is 12.8. The molecule has 1 amide bonds. The number of hydrazone groups is 1. The molecule has 26 heavy (non-hydrogen) atoms. The SMILES string of the molecule is O=C1CC(c2ccccc2)=NN1c1ccc(OCc2ccccc2)cc1. The van der Waals surface area contributed by atoms with Gasteiger partial charge in [-0.2, -0.15) is 5.10 Å². The zero-order valence-electron chi connectivity index (χ0n) is 14.2. The van der Waals surface area contributed by atoms with E-state index in [1.807, 2.05) is 84.9 Å². The Balaban J connectivity index is 1.46. The minimum absolute atomic E-state index is 0.0261. The number of anilines is 1. The summed E-state index contributed by atoms with van der Waals surface area (Å²) in [6.45, 7) is 0.513. The molecular formula is C22H18N2O2. The molecule has 0 N–H and O–H groups in total. The van der Waals surface area contributed by atoms with Gasteiger partial charge in [0.15, 0.2) is 0 Å². The maximum Gasteiger partial charge on any atom is 0.253 e. The molecule has 4 heteroatoms. The Kier molecular flexibility index (Phi) is 4.48. The lowest BCUT2D eigenvalue weighted by atomic mass is 10.1. The van der Waals surface area contributed by atoms with Crippen molar-refractivity contribution in [3.05, 3.63) is 96.1 Å². The molecular weight excluding hydrogens is 324 g/mol. The predicted octanol–water partition coefficient (Wildman–Crippen LogP) is 4.41. The third-order valence-corrected chi connectivity index (χ3v) is 4.21. The molecule has 0 radical (unpaired) electrons. The van der Waals surface area contributed by atoms with Gasteiger partial charge < -0.3 is 4.74 Å². The van der Waals surface area contributed by atoms with Crippen molar-refractivity contribution in [3.8, 4) is 5.75 Å². The fourth-order valence-electron chi connectivity index (χ4n) is 2.85. The monoisotopic (exact) mass is 342 g/mol. The molecule has 0 saturated carbocycles. The van der Waals surface area contributed by atoms with Crippen LogP contribution in [0.5, 0.6) is 5.75 Å². The molecule has 3 aromatic rings. The molecule has 1 aliphatic rings. The number of carbonyl (C=O) groups is 1. The third-order valence-electron chi connectivity index (χ3n) is 4.21. The van der Waals surface area contributed by atoms with Crippen molar-refractivity contribution in [2.75, 3.05) is 5.01 Å². The van der Waals surface area contributed by atoms with Gasteiger partial charge in [-0.05, 0) is 35.4 Å². The number of rotatable bonds is 5. The quantitative estimate of drug-likeness (QED) is 0.689. The average Bonchev–Trinajstić information content (AvgIpc) is 3.10. The summed E-state index contributed by atoms with van der Waals surface area (Å²) in [6, 6.07) is 27.2. The highest BCUT2D eigenvalue weighted by atomic mass is 16.5. The molecule has 4 rings (SSSR count). The molecule has 1 aliphatic heterocycles. The van der Waals surface area contributed by atoms with E-state index in [1.165, 1.54) is 5.01 Å². The second-order valence-corrected chi connectivity index (χ2v) is 6.06. The Hall–Kier alpha value is -3.40. The minimum Gasteiger partial charge on any atom is -0.489 e. The van der Waals surface area contributed by atoms with Crippen LogP contribution in [0.1, 0.15) is 17.5 Å². The molecule has 0 saturated heterocycles. The summed E-state index contributed by atoms with van der Waals surface area (Å²) in [4.78, 5) is 12.3. The van der Waals surface area contributed by atoms with E-state index in [-0.39, 0.29) is 5.91 Å². The van der Waals surface area contributed by atoms with Gasteiger partial charge >= 0.3 is 0 Å². The molecule has 4 nitrogen and oxygen atoms in total. The van der Waals surface area contributed by atoms with Crippen molar-refractivity contribution in [1.29, 1.82) is 0 Å². The average molecular weight is 342 g/mol. The molecule has 3 aromatic carbocycles. The molecule has 128 valence electrons. The molecule has 0 aromatic heterocycles. The van der Waals surface area contributed by atoms with Gasteiger partial charge in [-0.15, -0.1) is 0 Å². The molecule has 0 bridgehead atoms. The summed E-state index contributed by atoms with van der Waals surface area (Å²) in [5.74, 6) is 0.735. The normalized spacial score (nSPS) is 13.6. The van der Waals surface area contributed by atoms with E-state index in [1.54, 1.807) is 0 Å². The zero-order chi connectivity index (χ0) is 17.8. The van der Waals surface area contributed by atoms with Gasteiger partial charge in [0.1, 0.15) is 12.4 Å². The zero-order valence-corrected chi connectivity index (χ0v) is 14.2. The van der Waals surface area contributed by atoms with Crippen molar-refractivity contribution in [1.82, 2.24) is 0 Å². The van der Waals surface area contributed by atoms with E-state index in [9.17, 15) is 4.79 Å². The maximum absolute atomic E-state index is 12.3. The molecule has 1 heterocycles. The molecule has 0 fully saturated rings. The first-order valence-corrected chi connectivity index (χ1v) is 8.52. The van der Waals surface area contributed by atoms with E-state index in [0.29, 0.717) is 13.0 Å². The highest BCUT2D eigenvalue weighted by Crippen LogP contribution is 2.25. The topological polar surface area (TPSA) is 41.9 Å². The highest BCUT2D eigenvalue weighted by Gasteiger charge is 2.25. The Morgan fingerprint density at radius 2 is 1.50 bits per heavy atom.